The molecule has 33 heavy (non-hydrogen) atoms. The van der Waals surface area contributed by atoms with E-state index in [9.17, 15) is 14.4 Å². The minimum Gasteiger partial charge on any atom is -0.497 e. The van der Waals surface area contributed by atoms with Gasteiger partial charge in [0.2, 0.25) is 5.91 Å². The number of rotatable bonds is 8. The SMILES string of the molecule is COc1ccc(NC(=O)c2ccc(NCC(=O)Nc3ccc(C(=O)N(C)C)cc3)cc2)cc1. The van der Waals surface area contributed by atoms with Crippen molar-refractivity contribution in [2.75, 3.05) is 43.7 Å². The molecule has 3 N–H and O–H groups in total. The van der Waals surface area contributed by atoms with Crippen molar-refractivity contribution in [2.45, 2.75) is 0 Å². The first-order chi connectivity index (χ1) is 15.9. The normalized spacial score (nSPS) is 10.2. The Morgan fingerprint density at radius 1 is 0.727 bits per heavy atom. The summed E-state index contributed by atoms with van der Waals surface area (Å²) in [6.07, 6.45) is 0. The van der Waals surface area contributed by atoms with Gasteiger partial charge in [-0.3, -0.25) is 14.4 Å². The first kappa shape index (κ1) is 23.3. The standard InChI is InChI=1S/C25H26N4O4/c1-29(2)25(32)18-6-10-20(11-7-18)27-23(30)16-26-19-8-4-17(5-9-19)24(31)28-21-12-14-22(33-3)15-13-21/h4-15,26H,16H2,1-3H3,(H,27,30)(H,28,31). The van der Waals surface area contributed by atoms with E-state index in [1.165, 1.54) is 4.90 Å². The predicted octanol–water partition coefficient (Wildman–Crippen LogP) is 3.70. The molecule has 0 heterocycles. The van der Waals surface area contributed by atoms with Crippen molar-refractivity contribution in [3.8, 4) is 5.75 Å². The van der Waals surface area contributed by atoms with Crippen molar-refractivity contribution in [2.24, 2.45) is 0 Å². The Morgan fingerprint density at radius 2 is 1.24 bits per heavy atom. The summed E-state index contributed by atoms with van der Waals surface area (Å²) in [5.41, 5.74) is 3.01. The lowest BCUT2D eigenvalue weighted by molar-refractivity contribution is -0.114. The van der Waals surface area contributed by atoms with E-state index in [0.717, 1.165) is 0 Å². The molecule has 0 aliphatic carbocycles. The number of carbonyl (C=O) groups excluding carboxylic acids is 3. The van der Waals surface area contributed by atoms with Crippen LogP contribution in [0, 0.1) is 0 Å². The monoisotopic (exact) mass is 446 g/mol. The molecule has 0 aliphatic heterocycles. The molecule has 0 radical (unpaired) electrons. The first-order valence-corrected chi connectivity index (χ1v) is 10.3. The molecule has 0 aliphatic rings. The molecule has 3 rings (SSSR count). The van der Waals surface area contributed by atoms with Crippen LogP contribution in [0.2, 0.25) is 0 Å². The van der Waals surface area contributed by atoms with Crippen LogP contribution in [0.5, 0.6) is 5.75 Å². The summed E-state index contributed by atoms with van der Waals surface area (Å²) in [7, 11) is 4.95. The van der Waals surface area contributed by atoms with E-state index in [0.29, 0.717) is 33.9 Å². The topological polar surface area (TPSA) is 99.8 Å². The zero-order chi connectivity index (χ0) is 23.8. The fourth-order valence-electron chi connectivity index (χ4n) is 2.96. The van der Waals surface area contributed by atoms with Crippen LogP contribution in [-0.2, 0) is 4.79 Å². The van der Waals surface area contributed by atoms with Crippen LogP contribution in [0.25, 0.3) is 0 Å². The van der Waals surface area contributed by atoms with Gasteiger partial charge in [0.1, 0.15) is 5.75 Å². The highest BCUT2D eigenvalue weighted by Crippen LogP contribution is 2.17. The molecular weight excluding hydrogens is 420 g/mol. The third kappa shape index (κ3) is 6.57. The van der Waals surface area contributed by atoms with Crippen LogP contribution in [0.4, 0.5) is 17.1 Å². The number of amides is 3. The number of methoxy groups -OCH3 is 1. The Hall–Kier alpha value is -4.33. The van der Waals surface area contributed by atoms with Gasteiger partial charge in [0.05, 0.1) is 13.7 Å². The number of nitrogens with zero attached hydrogens (tertiary/aromatic N) is 1. The Kier molecular flexibility index (Phi) is 7.64. The number of hydrogen-bond donors (Lipinski definition) is 3. The van der Waals surface area contributed by atoms with Gasteiger partial charge in [0, 0.05) is 42.3 Å². The van der Waals surface area contributed by atoms with Gasteiger partial charge >= 0.3 is 0 Å². The Labute approximate surface area is 192 Å². The van der Waals surface area contributed by atoms with E-state index in [4.69, 9.17) is 4.74 Å². The van der Waals surface area contributed by atoms with Crippen molar-refractivity contribution in [3.05, 3.63) is 83.9 Å². The van der Waals surface area contributed by atoms with E-state index < -0.39 is 0 Å². The summed E-state index contributed by atoms with van der Waals surface area (Å²) in [5.74, 6) is 0.142. The number of ether oxygens (including phenoxy) is 1. The molecule has 8 heteroatoms. The van der Waals surface area contributed by atoms with E-state index in [1.807, 2.05) is 0 Å². The molecule has 0 bridgehead atoms. The van der Waals surface area contributed by atoms with E-state index in [1.54, 1.807) is 94.0 Å². The Morgan fingerprint density at radius 3 is 1.82 bits per heavy atom. The molecule has 0 unspecified atom stereocenters. The second-order valence-electron chi connectivity index (χ2n) is 7.44. The van der Waals surface area contributed by atoms with Crippen molar-refractivity contribution >= 4 is 34.8 Å². The van der Waals surface area contributed by atoms with Gasteiger partial charge in [0.15, 0.2) is 0 Å². The Balaban J connectivity index is 1.48. The quantitative estimate of drug-likeness (QED) is 0.490. The third-order valence-corrected chi connectivity index (χ3v) is 4.77. The maximum atomic E-state index is 12.4. The summed E-state index contributed by atoms with van der Waals surface area (Å²) < 4.78 is 5.10. The smallest absolute Gasteiger partial charge is 0.255 e. The van der Waals surface area contributed by atoms with Gasteiger partial charge in [-0.05, 0) is 72.8 Å². The summed E-state index contributed by atoms with van der Waals surface area (Å²) in [6, 6.07) is 20.6. The number of hydrogen-bond acceptors (Lipinski definition) is 5. The average molecular weight is 447 g/mol. The number of anilines is 3. The van der Waals surface area contributed by atoms with Gasteiger partial charge in [-0.25, -0.2) is 0 Å². The summed E-state index contributed by atoms with van der Waals surface area (Å²) in [5, 5.41) is 8.61. The largest absolute Gasteiger partial charge is 0.497 e. The van der Waals surface area contributed by atoms with E-state index >= 15 is 0 Å². The van der Waals surface area contributed by atoms with Gasteiger partial charge in [-0.2, -0.15) is 0 Å². The summed E-state index contributed by atoms with van der Waals surface area (Å²) in [6.45, 7) is 0.0514. The lowest BCUT2D eigenvalue weighted by atomic mass is 10.2. The molecule has 8 nitrogen and oxygen atoms in total. The molecule has 0 saturated carbocycles. The molecule has 170 valence electrons. The zero-order valence-electron chi connectivity index (χ0n) is 18.7. The van der Waals surface area contributed by atoms with Crippen LogP contribution >= 0.6 is 0 Å². The highest BCUT2D eigenvalue weighted by Gasteiger charge is 2.09. The molecule has 0 aromatic heterocycles. The lowest BCUT2D eigenvalue weighted by Gasteiger charge is -2.11. The summed E-state index contributed by atoms with van der Waals surface area (Å²) >= 11 is 0. The highest BCUT2D eigenvalue weighted by molar-refractivity contribution is 6.04. The minimum absolute atomic E-state index is 0.0514. The lowest BCUT2D eigenvalue weighted by Crippen LogP contribution is -2.23. The van der Waals surface area contributed by atoms with Crippen LogP contribution in [-0.4, -0.2) is 50.4 Å². The van der Waals surface area contributed by atoms with Crippen molar-refractivity contribution < 1.29 is 19.1 Å². The van der Waals surface area contributed by atoms with Crippen LogP contribution < -0.4 is 20.7 Å². The number of benzene rings is 3. The van der Waals surface area contributed by atoms with Gasteiger partial charge in [-0.1, -0.05) is 0 Å². The molecule has 3 aromatic carbocycles. The summed E-state index contributed by atoms with van der Waals surface area (Å²) in [4.78, 5) is 38.0. The van der Waals surface area contributed by atoms with Gasteiger partial charge < -0.3 is 25.6 Å². The molecule has 0 spiro atoms. The average Bonchev–Trinajstić information content (AvgIpc) is 2.83. The molecule has 0 saturated heterocycles. The van der Waals surface area contributed by atoms with Crippen molar-refractivity contribution in [1.82, 2.24) is 4.90 Å². The molecular formula is C25H26N4O4. The van der Waals surface area contributed by atoms with Crippen LogP contribution in [0.15, 0.2) is 72.8 Å². The Bertz CT molecular complexity index is 1110. The van der Waals surface area contributed by atoms with Crippen LogP contribution in [0.1, 0.15) is 20.7 Å². The van der Waals surface area contributed by atoms with Crippen LogP contribution in [0.3, 0.4) is 0 Å². The molecule has 3 amide bonds. The van der Waals surface area contributed by atoms with Gasteiger partial charge in [0.25, 0.3) is 11.8 Å². The van der Waals surface area contributed by atoms with E-state index in [2.05, 4.69) is 16.0 Å². The second kappa shape index (κ2) is 10.8. The molecule has 3 aromatic rings. The number of carbonyl (C=O) groups is 3. The fraction of sp³-hybridized carbons (Fsp3) is 0.160. The first-order valence-electron chi connectivity index (χ1n) is 10.3. The fourth-order valence-corrected chi connectivity index (χ4v) is 2.96. The minimum atomic E-state index is -0.236. The zero-order valence-corrected chi connectivity index (χ0v) is 18.7. The maximum absolute atomic E-state index is 12.4. The second-order valence-corrected chi connectivity index (χ2v) is 7.44. The molecule has 0 atom stereocenters. The van der Waals surface area contributed by atoms with Gasteiger partial charge in [-0.15, -0.1) is 0 Å². The van der Waals surface area contributed by atoms with E-state index in [-0.39, 0.29) is 24.3 Å². The van der Waals surface area contributed by atoms with Crippen molar-refractivity contribution in [1.29, 1.82) is 0 Å². The maximum Gasteiger partial charge on any atom is 0.255 e. The predicted molar refractivity (Wildman–Crippen MR) is 129 cm³/mol. The van der Waals surface area contributed by atoms with Crippen molar-refractivity contribution in [3.63, 3.8) is 0 Å². The molecule has 0 fully saturated rings. The highest BCUT2D eigenvalue weighted by atomic mass is 16.5. The third-order valence-electron chi connectivity index (χ3n) is 4.77. The number of nitrogens with one attached hydrogen (secondary N) is 3.